The Labute approximate surface area is 600 Å². The first-order valence-corrected chi connectivity index (χ1v) is 32.3. The maximum Gasteiger partial charge on any atom is 0.416 e. The number of amides is 3. The van der Waals surface area contributed by atoms with Gasteiger partial charge in [-0.3, -0.25) is 24.6 Å². The van der Waals surface area contributed by atoms with Gasteiger partial charge in [0.25, 0.3) is 17.7 Å². The Morgan fingerprint density at radius 1 is 0.523 bits per heavy atom. The van der Waals surface area contributed by atoms with Gasteiger partial charge in [0.1, 0.15) is 35.7 Å². The highest BCUT2D eigenvalue weighted by atomic mass is 19.4. The number of aryl methyl sites for hydroxylation is 4. The largest absolute Gasteiger partial charge is 0.435 e. The topological polar surface area (TPSA) is 325 Å². The Morgan fingerprint density at radius 2 is 0.935 bits per heavy atom. The number of carbonyl (C=O) groups excluding carboxylic acids is 3. The molecule has 13 aromatic rings. The number of alkyl halides is 3. The molecule has 9 aromatic heterocycles. The quantitative estimate of drug-likeness (QED) is 0.0370. The summed E-state index contributed by atoms with van der Waals surface area (Å²) in [5.74, 6) is -7.26. The van der Waals surface area contributed by atoms with Gasteiger partial charge in [0.05, 0.1) is 39.8 Å². The molecule has 36 heteroatoms. The zero-order valence-corrected chi connectivity index (χ0v) is 58.5. The van der Waals surface area contributed by atoms with Crippen molar-refractivity contribution < 1.29 is 68.1 Å². The minimum atomic E-state index is -4.69. The molecule has 0 unspecified atom stereocenters. The van der Waals surface area contributed by atoms with Crippen LogP contribution in [0.15, 0.2) is 104 Å². The van der Waals surface area contributed by atoms with E-state index in [4.69, 9.17) is 14.2 Å². The molecule has 8 N–H and O–H groups in total. The average molecular weight is 1480 g/mol. The number of halogens is 9. The molecule has 14 rings (SSSR count). The number of H-pyrrole nitrogens is 5. The molecule has 107 heavy (non-hydrogen) atoms. The predicted molar refractivity (Wildman–Crippen MR) is 376 cm³/mol. The standard InChI is InChI=1S/C27H22F5N7O2.2C22H21F2N7O2/c1-13-5-18-22(29)20(9-19(28)23(18)36-13)41-25-21(26(40)38(3)4)24(33-11-34-25)37-16-6-15(27(30,31)32)7-17(8-16)39-10-14(2)35-12-39;1-10-6-12-18(24)15(7-13(23)19(12)27-10)33-21-17(22(32)31(2)3)20(25-9-26-21)28-16-8-14(29-30-16)11-4-5-11;1-5-6-12-8-16(30-29-12)28-20-17(22(32)31(3)4)21(26-10-25-20)33-15-9-14(23)19-13(18(15)24)7-11(2)27-19/h5-12,36H,1-4H3,(H,33,34,37);6-9,11,27H,4-5H2,1-3H3,(H2,25,26,28,29,30);5-10,27H,1-4H3,(H2,25,26,28,29,30)/b;;6-5+. The summed E-state index contributed by atoms with van der Waals surface area (Å²) in [5, 5.41) is 22.8. The Bertz CT molecular complexity index is 5620. The molecule has 552 valence electrons. The van der Waals surface area contributed by atoms with Crippen LogP contribution in [0, 0.1) is 62.6 Å². The van der Waals surface area contributed by atoms with Gasteiger partial charge in [0.15, 0.2) is 81.2 Å². The number of fused-ring (bicyclic) bond motifs is 3. The number of hydrogen-bond acceptors (Lipinski definition) is 18. The van der Waals surface area contributed by atoms with E-state index in [0.29, 0.717) is 40.3 Å². The molecule has 3 amide bonds. The molecular weight excluding hydrogens is 1410 g/mol. The van der Waals surface area contributed by atoms with Crippen molar-refractivity contribution in [3.8, 4) is 40.6 Å². The maximum atomic E-state index is 15.3. The van der Waals surface area contributed by atoms with Gasteiger partial charge in [0, 0.05) is 135 Å². The molecule has 1 aliphatic rings. The Balaban J connectivity index is 0.000000151. The zero-order valence-electron chi connectivity index (χ0n) is 58.5. The zero-order chi connectivity index (χ0) is 76.6. The number of nitrogens with zero attached hydrogens (tertiary/aromatic N) is 13. The molecule has 1 aliphatic carbocycles. The molecule has 0 bridgehead atoms. The van der Waals surface area contributed by atoms with E-state index in [9.17, 15) is 40.7 Å². The number of aromatic amines is 5. The van der Waals surface area contributed by atoms with E-state index < -0.39 is 87.5 Å². The summed E-state index contributed by atoms with van der Waals surface area (Å²) in [5.41, 5.74) is 2.71. The first-order chi connectivity index (χ1) is 50.9. The van der Waals surface area contributed by atoms with E-state index in [0.717, 1.165) is 72.1 Å². The number of benzene rings is 4. The van der Waals surface area contributed by atoms with Crippen molar-refractivity contribution in [3.63, 3.8) is 0 Å². The summed E-state index contributed by atoms with van der Waals surface area (Å²) in [4.78, 5) is 79.6. The van der Waals surface area contributed by atoms with Crippen LogP contribution in [0.2, 0.25) is 0 Å². The molecule has 0 spiro atoms. The van der Waals surface area contributed by atoms with Gasteiger partial charge in [-0.05, 0) is 89.9 Å². The molecule has 1 fully saturated rings. The first kappa shape index (κ1) is 73.4. The van der Waals surface area contributed by atoms with E-state index in [-0.39, 0.29) is 90.0 Å². The molecule has 0 atom stereocenters. The van der Waals surface area contributed by atoms with Crippen molar-refractivity contribution >= 4 is 91.3 Å². The molecule has 27 nitrogen and oxygen atoms in total. The van der Waals surface area contributed by atoms with Crippen molar-refractivity contribution in [1.29, 1.82) is 0 Å². The number of anilines is 6. The third-order valence-electron chi connectivity index (χ3n) is 16.2. The summed E-state index contributed by atoms with van der Waals surface area (Å²) < 4.78 is 149. The van der Waals surface area contributed by atoms with Crippen molar-refractivity contribution in [3.05, 3.63) is 196 Å². The number of allylic oxidation sites excluding steroid dienone is 1. The summed E-state index contributed by atoms with van der Waals surface area (Å²) in [6.45, 7) is 8.56. The van der Waals surface area contributed by atoms with Gasteiger partial charge in [-0.25, -0.2) is 61.2 Å². The minimum Gasteiger partial charge on any atom is -0.435 e. The van der Waals surface area contributed by atoms with Crippen LogP contribution in [0.25, 0.3) is 44.5 Å². The molecule has 0 saturated heterocycles. The lowest BCUT2D eigenvalue weighted by molar-refractivity contribution is -0.137. The Hall–Kier alpha value is -13.3. The molecule has 9 heterocycles. The number of imidazole rings is 1. The van der Waals surface area contributed by atoms with Crippen LogP contribution in [0.4, 0.5) is 74.3 Å². The van der Waals surface area contributed by atoms with Crippen LogP contribution in [0.3, 0.4) is 0 Å². The van der Waals surface area contributed by atoms with Gasteiger partial charge in [-0.1, -0.05) is 6.08 Å². The monoisotopic (exact) mass is 1480 g/mol. The van der Waals surface area contributed by atoms with E-state index in [1.54, 1.807) is 54.1 Å². The van der Waals surface area contributed by atoms with E-state index in [2.05, 4.69) is 86.2 Å². The Morgan fingerprint density at radius 3 is 1.32 bits per heavy atom. The third kappa shape index (κ3) is 15.8. The summed E-state index contributed by atoms with van der Waals surface area (Å²) in [6, 6.07) is 13.7. The van der Waals surface area contributed by atoms with Crippen molar-refractivity contribution in [2.24, 2.45) is 0 Å². The number of rotatable bonds is 18. The molecule has 1 saturated carbocycles. The number of hydrogen-bond donors (Lipinski definition) is 8. The third-order valence-corrected chi connectivity index (χ3v) is 16.2. The Kier molecular flexibility index (Phi) is 20.5. The van der Waals surface area contributed by atoms with Crippen molar-refractivity contribution in [2.75, 3.05) is 58.2 Å². The second kappa shape index (κ2) is 29.8. The van der Waals surface area contributed by atoms with Crippen molar-refractivity contribution in [1.82, 2.24) is 89.5 Å². The van der Waals surface area contributed by atoms with Crippen LogP contribution in [-0.2, 0) is 6.18 Å². The maximum absolute atomic E-state index is 15.3. The lowest BCUT2D eigenvalue weighted by Crippen LogP contribution is -2.24. The van der Waals surface area contributed by atoms with Gasteiger partial charge < -0.3 is 64.4 Å². The average Bonchev–Trinajstić information content (AvgIpc) is 1.23. The van der Waals surface area contributed by atoms with Crippen LogP contribution >= 0.6 is 0 Å². The van der Waals surface area contributed by atoms with Crippen LogP contribution in [0.5, 0.6) is 34.9 Å². The van der Waals surface area contributed by atoms with Gasteiger partial charge >= 0.3 is 6.18 Å². The number of nitrogens with one attached hydrogen (secondary N) is 8. The summed E-state index contributed by atoms with van der Waals surface area (Å²) in [6.07, 6.45) is 7.38. The molecule has 0 radical (unpaired) electrons. The number of aromatic nitrogens is 15. The van der Waals surface area contributed by atoms with Crippen LogP contribution in [-0.4, -0.2) is 150 Å². The fourth-order valence-electron chi connectivity index (χ4n) is 11.0. The van der Waals surface area contributed by atoms with E-state index in [1.165, 1.54) is 79.5 Å². The lowest BCUT2D eigenvalue weighted by atomic mass is 10.1. The van der Waals surface area contributed by atoms with E-state index >= 15 is 13.2 Å². The molecular formula is C71H64F9N21O6. The number of ether oxygens (including phenoxy) is 3. The van der Waals surface area contributed by atoms with Gasteiger partial charge in [0.2, 0.25) is 17.6 Å². The van der Waals surface area contributed by atoms with Gasteiger partial charge in [-0.2, -0.15) is 23.4 Å². The fourth-order valence-corrected chi connectivity index (χ4v) is 11.0. The second-order valence-electron chi connectivity index (χ2n) is 25.1. The van der Waals surface area contributed by atoms with Crippen molar-refractivity contribution in [2.45, 2.75) is 59.6 Å². The normalized spacial score (nSPS) is 12.1. The summed E-state index contributed by atoms with van der Waals surface area (Å²) in [7, 11) is 9.02. The van der Waals surface area contributed by atoms with Crippen LogP contribution in [0.1, 0.15) is 96.5 Å². The highest BCUT2D eigenvalue weighted by Crippen LogP contribution is 2.43. The SMILES string of the molecule is C/C=C/c1cc(Nc2ncnc(Oc3cc(F)c4[nH]c(C)cc4c3F)c2C(=O)N(C)C)n[nH]1.Cc1cc2c(F)c(Oc3ncnc(Nc4cc(C5CC5)[nH]n4)c3C(=O)N(C)C)cc(F)c2[nH]1.Cc1cn(-c2cc(Nc3ncnc(Oc4cc(F)c5[nH]c(C)cc5c4F)c3C(=O)N(C)C)cc(C(F)(F)F)c2)cn1. The van der Waals surface area contributed by atoms with E-state index in [1.807, 2.05) is 25.1 Å². The molecule has 0 aliphatic heterocycles. The smallest absolute Gasteiger partial charge is 0.416 e. The highest BCUT2D eigenvalue weighted by molar-refractivity contribution is 6.03. The minimum absolute atomic E-state index is 0.0300. The predicted octanol–water partition coefficient (Wildman–Crippen LogP) is 15.2. The second-order valence-corrected chi connectivity index (χ2v) is 25.1. The fraction of sp³-hybridized carbons (Fsp3) is 0.211. The summed E-state index contributed by atoms with van der Waals surface area (Å²) >= 11 is 0. The number of carbonyl (C=O) groups is 3. The van der Waals surface area contributed by atoms with Crippen LogP contribution < -0.4 is 30.2 Å². The van der Waals surface area contributed by atoms with Gasteiger partial charge in [-0.15, -0.1) is 0 Å². The molecule has 4 aromatic carbocycles. The first-order valence-electron chi connectivity index (χ1n) is 32.3. The highest BCUT2D eigenvalue weighted by Gasteiger charge is 2.34. The lowest BCUT2D eigenvalue weighted by Gasteiger charge is -2.18.